The first-order chi connectivity index (χ1) is 9.22. The van der Waals surface area contributed by atoms with E-state index in [1.165, 1.54) is 19.1 Å². The molecule has 0 saturated heterocycles. The molecule has 2 aliphatic rings. The van der Waals surface area contributed by atoms with Crippen molar-refractivity contribution in [2.45, 2.75) is 76.0 Å². The minimum atomic E-state index is -2.90. The van der Waals surface area contributed by atoms with Crippen LogP contribution in [0.3, 0.4) is 0 Å². The van der Waals surface area contributed by atoms with Crippen molar-refractivity contribution >= 4 is 9.84 Å². The zero-order valence-electron chi connectivity index (χ0n) is 13.3. The number of sulfone groups is 1. The smallest absolute Gasteiger partial charge is 0.150 e. The average molecular weight is 301 g/mol. The fraction of sp³-hybridized carbons (Fsp3) is 1.00. The van der Waals surface area contributed by atoms with Crippen molar-refractivity contribution in [1.29, 1.82) is 0 Å². The predicted octanol–water partition coefficient (Wildman–Crippen LogP) is 3.13. The van der Waals surface area contributed by atoms with Gasteiger partial charge in [-0.2, -0.15) is 0 Å². The van der Waals surface area contributed by atoms with Gasteiger partial charge in [0.15, 0.2) is 0 Å². The molecule has 2 unspecified atom stereocenters. The maximum Gasteiger partial charge on any atom is 0.150 e. The Kier molecular flexibility index (Phi) is 4.85. The average Bonchev–Trinajstić information content (AvgIpc) is 2.38. The molecule has 0 radical (unpaired) electrons. The van der Waals surface area contributed by atoms with E-state index in [-0.39, 0.29) is 10.8 Å². The van der Waals surface area contributed by atoms with Crippen LogP contribution in [-0.2, 0) is 9.84 Å². The fourth-order valence-electron chi connectivity index (χ4n) is 4.31. The fourth-order valence-corrected chi connectivity index (χ4v) is 5.49. The van der Waals surface area contributed by atoms with E-state index in [9.17, 15) is 8.42 Å². The highest BCUT2D eigenvalue weighted by molar-refractivity contribution is 7.91. The van der Waals surface area contributed by atoms with Gasteiger partial charge in [-0.1, -0.05) is 20.3 Å². The minimum absolute atomic E-state index is 0.102. The van der Waals surface area contributed by atoms with Crippen LogP contribution in [0.2, 0.25) is 0 Å². The quantitative estimate of drug-likeness (QED) is 0.871. The normalized spacial score (nSPS) is 40.0. The van der Waals surface area contributed by atoms with Gasteiger partial charge in [0.25, 0.3) is 0 Å². The summed E-state index contributed by atoms with van der Waals surface area (Å²) in [7, 11) is -2.90. The van der Waals surface area contributed by atoms with Gasteiger partial charge in [0.1, 0.15) is 9.84 Å². The Bertz CT molecular complexity index is 422. The lowest BCUT2D eigenvalue weighted by Crippen LogP contribution is -2.52. The van der Waals surface area contributed by atoms with Crippen molar-refractivity contribution in [3.05, 3.63) is 0 Å². The Hall–Kier alpha value is -0.0900. The topological polar surface area (TPSA) is 60.2 Å². The molecule has 2 N–H and O–H groups in total. The summed E-state index contributed by atoms with van der Waals surface area (Å²) < 4.78 is 23.6. The molecule has 3 nitrogen and oxygen atoms in total. The van der Waals surface area contributed by atoms with Crippen molar-refractivity contribution < 1.29 is 8.42 Å². The maximum absolute atomic E-state index is 11.8. The second-order valence-electron chi connectivity index (χ2n) is 7.63. The molecule has 0 aromatic heterocycles. The number of hydrogen-bond acceptors (Lipinski definition) is 3. The Balaban J connectivity index is 2.00. The van der Waals surface area contributed by atoms with E-state index < -0.39 is 9.84 Å². The van der Waals surface area contributed by atoms with Crippen molar-refractivity contribution in [2.24, 2.45) is 23.5 Å². The molecule has 2 aliphatic carbocycles. The van der Waals surface area contributed by atoms with Gasteiger partial charge in [-0.25, -0.2) is 8.42 Å². The summed E-state index contributed by atoms with van der Waals surface area (Å²) in [5.74, 6) is 1.96. The zero-order valence-corrected chi connectivity index (χ0v) is 14.1. The molecule has 0 spiro atoms. The third-order valence-electron chi connectivity index (χ3n) is 5.95. The van der Waals surface area contributed by atoms with Crippen molar-refractivity contribution in [2.75, 3.05) is 6.26 Å². The van der Waals surface area contributed by atoms with Crippen LogP contribution in [0, 0.1) is 17.8 Å². The number of rotatable bonds is 3. The minimum Gasteiger partial charge on any atom is -0.325 e. The van der Waals surface area contributed by atoms with E-state index in [2.05, 4.69) is 13.8 Å². The van der Waals surface area contributed by atoms with E-state index >= 15 is 0 Å². The van der Waals surface area contributed by atoms with Gasteiger partial charge in [-0.3, -0.25) is 0 Å². The van der Waals surface area contributed by atoms with Crippen LogP contribution in [0.5, 0.6) is 0 Å². The van der Waals surface area contributed by atoms with E-state index in [0.29, 0.717) is 5.92 Å². The molecule has 0 bridgehead atoms. The summed E-state index contributed by atoms with van der Waals surface area (Å²) in [5.41, 5.74) is 6.60. The third-order valence-corrected chi connectivity index (χ3v) is 7.59. The Morgan fingerprint density at radius 1 is 1.10 bits per heavy atom. The highest BCUT2D eigenvalue weighted by Gasteiger charge is 2.42. The highest BCUT2D eigenvalue weighted by atomic mass is 32.2. The van der Waals surface area contributed by atoms with Crippen molar-refractivity contribution in [3.8, 4) is 0 Å². The van der Waals surface area contributed by atoms with Crippen molar-refractivity contribution in [3.63, 3.8) is 0 Å². The van der Waals surface area contributed by atoms with Gasteiger partial charge in [-0.05, 0) is 62.7 Å². The Morgan fingerprint density at radius 2 is 1.70 bits per heavy atom. The molecule has 0 heterocycles. The molecule has 0 aromatic carbocycles. The molecule has 2 saturated carbocycles. The van der Waals surface area contributed by atoms with Crippen LogP contribution < -0.4 is 5.73 Å². The first kappa shape index (κ1) is 16.3. The second kappa shape index (κ2) is 5.96. The van der Waals surface area contributed by atoms with Gasteiger partial charge in [0.2, 0.25) is 0 Å². The largest absolute Gasteiger partial charge is 0.325 e. The van der Waals surface area contributed by atoms with E-state index in [4.69, 9.17) is 5.73 Å². The number of nitrogens with two attached hydrogens (primary N) is 1. The van der Waals surface area contributed by atoms with E-state index in [0.717, 1.165) is 50.4 Å². The van der Waals surface area contributed by atoms with Gasteiger partial charge < -0.3 is 5.73 Å². The van der Waals surface area contributed by atoms with Gasteiger partial charge in [-0.15, -0.1) is 0 Å². The Morgan fingerprint density at radius 3 is 2.20 bits per heavy atom. The first-order valence-corrected chi connectivity index (χ1v) is 10.2. The summed E-state index contributed by atoms with van der Waals surface area (Å²) in [4.78, 5) is 0. The lowest BCUT2D eigenvalue weighted by atomic mass is 9.64. The van der Waals surface area contributed by atoms with Crippen LogP contribution in [0.25, 0.3) is 0 Å². The predicted molar refractivity (Wildman–Crippen MR) is 84.3 cm³/mol. The summed E-state index contributed by atoms with van der Waals surface area (Å²) in [6.07, 6.45) is 9.75. The molecule has 4 heteroatoms. The molecule has 2 fully saturated rings. The van der Waals surface area contributed by atoms with Crippen molar-refractivity contribution in [1.82, 2.24) is 0 Å². The lowest BCUT2D eigenvalue weighted by Gasteiger charge is -2.46. The molecular formula is C16H31NO2S. The van der Waals surface area contributed by atoms with Crippen LogP contribution >= 0.6 is 0 Å². The lowest BCUT2D eigenvalue weighted by molar-refractivity contribution is 0.116. The molecule has 2 atom stereocenters. The summed E-state index contributed by atoms with van der Waals surface area (Å²) in [6.45, 7) is 4.60. The SMILES string of the molecule is CC(C)C1CCC(N)(C2CCCC(S(C)(=O)=O)C2)CC1. The summed E-state index contributed by atoms with van der Waals surface area (Å²) in [5, 5.41) is -0.149. The third kappa shape index (κ3) is 3.56. The second-order valence-corrected chi connectivity index (χ2v) is 9.96. The van der Waals surface area contributed by atoms with Crippen LogP contribution in [0.1, 0.15) is 65.2 Å². The van der Waals surface area contributed by atoms with Gasteiger partial charge >= 0.3 is 0 Å². The maximum atomic E-state index is 11.8. The molecule has 0 amide bonds. The standard InChI is InChI=1S/C16H31NO2S/c1-12(2)13-7-9-16(17,10-8-13)14-5-4-6-15(11-14)20(3,18)19/h12-15H,4-11,17H2,1-3H3. The molecule has 20 heavy (non-hydrogen) atoms. The zero-order chi connectivity index (χ0) is 15.0. The van der Waals surface area contributed by atoms with Crippen LogP contribution in [0.15, 0.2) is 0 Å². The number of hydrogen-bond donors (Lipinski definition) is 1. The van der Waals surface area contributed by atoms with Gasteiger partial charge in [0, 0.05) is 11.8 Å². The Labute approximate surface area is 124 Å². The van der Waals surface area contributed by atoms with E-state index in [1.54, 1.807) is 0 Å². The first-order valence-electron chi connectivity index (χ1n) is 8.20. The molecule has 0 aliphatic heterocycles. The monoisotopic (exact) mass is 301 g/mol. The summed E-state index contributed by atoms with van der Waals surface area (Å²) in [6, 6.07) is 0. The molecule has 2 rings (SSSR count). The van der Waals surface area contributed by atoms with Crippen LogP contribution in [0.4, 0.5) is 0 Å². The summed E-state index contributed by atoms with van der Waals surface area (Å²) >= 11 is 0. The molecule has 0 aromatic rings. The van der Waals surface area contributed by atoms with Crippen LogP contribution in [-0.4, -0.2) is 25.5 Å². The molecule has 118 valence electrons. The van der Waals surface area contributed by atoms with Gasteiger partial charge in [0.05, 0.1) is 5.25 Å². The molecular weight excluding hydrogens is 270 g/mol. The van der Waals surface area contributed by atoms with E-state index in [1.807, 2.05) is 0 Å². The highest BCUT2D eigenvalue weighted by Crippen LogP contribution is 2.44.